The Labute approximate surface area is 78.2 Å². The second kappa shape index (κ2) is 4.04. The molecule has 13 heavy (non-hydrogen) atoms. The van der Waals surface area contributed by atoms with Crippen molar-refractivity contribution in [2.75, 3.05) is 11.0 Å². The monoisotopic (exact) mass is 199 g/mol. The average Bonchev–Trinajstić information content (AvgIpc) is 2.04. The van der Waals surface area contributed by atoms with Crippen molar-refractivity contribution in [3.05, 3.63) is 29.8 Å². The molecule has 0 heterocycles. The fourth-order valence-corrected chi connectivity index (χ4v) is 1.31. The Morgan fingerprint density at radius 2 is 1.92 bits per heavy atom. The number of anilines is 1. The van der Waals surface area contributed by atoms with Crippen molar-refractivity contribution in [1.82, 2.24) is 0 Å². The number of carbonyl (C=O) groups is 1. The van der Waals surface area contributed by atoms with Gasteiger partial charge in [-0.3, -0.25) is 0 Å². The van der Waals surface area contributed by atoms with Gasteiger partial charge < -0.3 is 9.83 Å². The summed E-state index contributed by atoms with van der Waals surface area (Å²) in [7, 11) is -1.13. The van der Waals surface area contributed by atoms with Gasteiger partial charge in [0.2, 0.25) is 0 Å². The third-order valence-corrected chi connectivity index (χ3v) is 1.92. The molecule has 1 aromatic rings. The predicted octanol–water partition coefficient (Wildman–Crippen LogP) is 1.09. The summed E-state index contributed by atoms with van der Waals surface area (Å²) in [6, 6.07) is 6.06. The number of rotatable bonds is 3. The maximum atomic E-state index is 10.7. The van der Waals surface area contributed by atoms with Crippen LogP contribution in [0, 0.1) is 0 Å². The largest absolute Gasteiger partial charge is 0.478 e. The Bertz CT molecular complexity index is 334. The van der Waals surface area contributed by atoms with Crippen LogP contribution in [-0.2, 0) is 11.0 Å². The molecule has 4 nitrogen and oxygen atoms in total. The fraction of sp³-hybridized carbons (Fsp3) is 0.125. The zero-order valence-electron chi connectivity index (χ0n) is 6.98. The van der Waals surface area contributed by atoms with Gasteiger partial charge in [0, 0.05) is 11.9 Å². The van der Waals surface area contributed by atoms with Gasteiger partial charge in [-0.15, -0.1) is 0 Å². The summed E-state index contributed by atoms with van der Waals surface area (Å²) in [5, 5.41) is 8.58. The molecule has 0 fully saturated rings. The second-order valence-corrected chi connectivity index (χ2v) is 3.55. The molecule has 0 aliphatic heterocycles. The van der Waals surface area contributed by atoms with E-state index in [0.717, 1.165) is 0 Å². The molecule has 1 rings (SSSR count). The maximum Gasteiger partial charge on any atom is 0.335 e. The standard InChI is InChI=1S/C8H9NO3S/c1-13(12)9-7-4-2-6(3-5-7)8(10)11/h2-5,9H,1H3,(H,10,11). The Balaban J connectivity index is 2.81. The number of aromatic carboxylic acids is 1. The van der Waals surface area contributed by atoms with E-state index in [4.69, 9.17) is 5.11 Å². The zero-order chi connectivity index (χ0) is 9.84. The van der Waals surface area contributed by atoms with Crippen molar-refractivity contribution < 1.29 is 14.1 Å². The van der Waals surface area contributed by atoms with Crippen molar-refractivity contribution in [3.63, 3.8) is 0 Å². The molecule has 0 aromatic heterocycles. The van der Waals surface area contributed by atoms with Crippen molar-refractivity contribution in [3.8, 4) is 0 Å². The van der Waals surface area contributed by atoms with Gasteiger partial charge in [-0.25, -0.2) is 9.00 Å². The van der Waals surface area contributed by atoms with E-state index in [9.17, 15) is 9.00 Å². The summed E-state index contributed by atoms with van der Waals surface area (Å²) in [5.74, 6) is -0.968. The van der Waals surface area contributed by atoms with Crippen molar-refractivity contribution in [2.45, 2.75) is 0 Å². The highest BCUT2D eigenvalue weighted by atomic mass is 32.2. The Morgan fingerprint density at radius 3 is 2.31 bits per heavy atom. The number of hydrogen-bond donors (Lipinski definition) is 2. The first kappa shape index (κ1) is 9.73. The molecular formula is C8H9NO3S. The van der Waals surface area contributed by atoms with Gasteiger partial charge in [-0.05, 0) is 24.3 Å². The smallest absolute Gasteiger partial charge is 0.335 e. The lowest BCUT2D eigenvalue weighted by Gasteiger charge is -2.01. The third kappa shape index (κ3) is 2.87. The van der Waals surface area contributed by atoms with E-state index in [2.05, 4.69) is 4.72 Å². The molecule has 1 unspecified atom stereocenters. The average molecular weight is 199 g/mol. The van der Waals surface area contributed by atoms with Crippen LogP contribution in [0.15, 0.2) is 24.3 Å². The van der Waals surface area contributed by atoms with Gasteiger partial charge in [-0.1, -0.05) is 0 Å². The summed E-state index contributed by atoms with van der Waals surface area (Å²) in [5.41, 5.74) is 0.860. The molecule has 0 spiro atoms. The third-order valence-electron chi connectivity index (χ3n) is 1.39. The van der Waals surface area contributed by atoms with Gasteiger partial charge in [0.1, 0.15) is 11.0 Å². The highest BCUT2D eigenvalue weighted by molar-refractivity contribution is 7.85. The molecular weight excluding hydrogens is 190 g/mol. The van der Waals surface area contributed by atoms with Crippen LogP contribution in [0.2, 0.25) is 0 Å². The van der Waals surface area contributed by atoms with Crippen LogP contribution < -0.4 is 4.72 Å². The first-order valence-electron chi connectivity index (χ1n) is 3.53. The summed E-state index contributed by atoms with van der Waals surface area (Å²) in [6.45, 7) is 0. The molecule has 0 aliphatic carbocycles. The predicted molar refractivity (Wildman–Crippen MR) is 51.1 cm³/mol. The lowest BCUT2D eigenvalue weighted by Crippen LogP contribution is -2.02. The molecule has 5 heteroatoms. The van der Waals surface area contributed by atoms with E-state index < -0.39 is 17.0 Å². The lowest BCUT2D eigenvalue weighted by molar-refractivity contribution is 0.0697. The minimum absolute atomic E-state index is 0.215. The van der Waals surface area contributed by atoms with Crippen molar-refractivity contribution >= 4 is 22.6 Å². The van der Waals surface area contributed by atoms with Crippen LogP contribution in [0.5, 0.6) is 0 Å². The number of carboxylic acids is 1. The molecule has 0 bridgehead atoms. The number of benzene rings is 1. The molecule has 70 valence electrons. The minimum Gasteiger partial charge on any atom is -0.478 e. The molecule has 0 radical (unpaired) electrons. The normalized spacial score (nSPS) is 12.1. The summed E-state index contributed by atoms with van der Waals surface area (Å²) in [4.78, 5) is 10.5. The second-order valence-electron chi connectivity index (χ2n) is 2.44. The van der Waals surface area contributed by atoms with Crippen LogP contribution >= 0.6 is 0 Å². The van der Waals surface area contributed by atoms with Crippen LogP contribution in [0.1, 0.15) is 10.4 Å². The maximum absolute atomic E-state index is 10.7. The highest BCUT2D eigenvalue weighted by Crippen LogP contribution is 2.09. The fourth-order valence-electron chi connectivity index (χ4n) is 0.847. The summed E-state index contributed by atoms with van der Waals surface area (Å²) >= 11 is 0. The molecule has 1 atom stereocenters. The SMILES string of the molecule is CS(=O)Nc1ccc(C(=O)O)cc1. The van der Waals surface area contributed by atoms with E-state index in [0.29, 0.717) is 5.69 Å². The molecule has 1 aromatic carbocycles. The highest BCUT2D eigenvalue weighted by Gasteiger charge is 2.01. The van der Waals surface area contributed by atoms with Crippen LogP contribution in [0.3, 0.4) is 0 Å². The summed E-state index contributed by atoms with van der Waals surface area (Å²) < 4.78 is 13.4. The molecule has 2 N–H and O–H groups in total. The molecule has 0 saturated heterocycles. The van der Waals surface area contributed by atoms with Gasteiger partial charge in [-0.2, -0.15) is 0 Å². The Hall–Kier alpha value is -1.36. The van der Waals surface area contributed by atoms with Gasteiger partial charge >= 0.3 is 5.97 Å². The quantitative estimate of drug-likeness (QED) is 0.765. The zero-order valence-corrected chi connectivity index (χ0v) is 7.80. The first-order valence-corrected chi connectivity index (χ1v) is 5.09. The van der Waals surface area contributed by atoms with E-state index in [1.807, 2.05) is 0 Å². The van der Waals surface area contributed by atoms with E-state index in [1.165, 1.54) is 18.4 Å². The van der Waals surface area contributed by atoms with Crippen LogP contribution in [-0.4, -0.2) is 21.5 Å². The molecule has 0 aliphatic rings. The minimum atomic E-state index is -1.13. The van der Waals surface area contributed by atoms with Crippen LogP contribution in [0.25, 0.3) is 0 Å². The Kier molecular flexibility index (Phi) is 3.02. The lowest BCUT2D eigenvalue weighted by atomic mass is 10.2. The molecule has 0 saturated carbocycles. The topological polar surface area (TPSA) is 66.4 Å². The number of hydrogen-bond acceptors (Lipinski definition) is 2. The first-order chi connectivity index (χ1) is 6.09. The van der Waals surface area contributed by atoms with Gasteiger partial charge in [0.15, 0.2) is 0 Å². The number of carboxylic acid groups (broad SMARTS) is 1. The summed E-state index contributed by atoms with van der Waals surface area (Å²) in [6.07, 6.45) is 1.51. The van der Waals surface area contributed by atoms with Gasteiger partial charge in [0.05, 0.1) is 5.56 Å². The van der Waals surface area contributed by atoms with E-state index >= 15 is 0 Å². The molecule has 0 amide bonds. The van der Waals surface area contributed by atoms with E-state index in [-0.39, 0.29) is 5.56 Å². The van der Waals surface area contributed by atoms with Crippen molar-refractivity contribution in [1.29, 1.82) is 0 Å². The van der Waals surface area contributed by atoms with Crippen molar-refractivity contribution in [2.24, 2.45) is 0 Å². The van der Waals surface area contributed by atoms with Crippen LogP contribution in [0.4, 0.5) is 5.69 Å². The van der Waals surface area contributed by atoms with Gasteiger partial charge in [0.25, 0.3) is 0 Å². The Morgan fingerprint density at radius 1 is 1.38 bits per heavy atom. The number of nitrogens with one attached hydrogen (secondary N) is 1. The van der Waals surface area contributed by atoms with E-state index in [1.54, 1.807) is 12.1 Å².